The molecule has 2 aromatic rings. The highest BCUT2D eigenvalue weighted by molar-refractivity contribution is 5.79. The molecule has 2 atom stereocenters. The first-order valence-electron chi connectivity index (χ1n) is 9.38. The number of amides is 1. The molecule has 0 saturated carbocycles. The first-order valence-corrected chi connectivity index (χ1v) is 9.38. The lowest BCUT2D eigenvalue weighted by Crippen LogP contribution is -2.32. The summed E-state index contributed by atoms with van der Waals surface area (Å²) < 4.78 is 24.5. The van der Waals surface area contributed by atoms with Crippen LogP contribution >= 0.6 is 0 Å². The Bertz CT molecular complexity index is 763. The SMILES string of the molecule is CCOc1ccc(C(C)NC(=O)C(C)Cc2cccc(F)c2)cc1OCC. The molecule has 0 fully saturated rings. The smallest absolute Gasteiger partial charge is 0.223 e. The van der Waals surface area contributed by atoms with Crippen molar-refractivity contribution in [2.75, 3.05) is 13.2 Å². The molecule has 27 heavy (non-hydrogen) atoms. The molecule has 2 aromatic carbocycles. The number of ether oxygens (including phenoxy) is 2. The second kappa shape index (κ2) is 9.95. The quantitative estimate of drug-likeness (QED) is 0.694. The number of nitrogens with one attached hydrogen (secondary N) is 1. The summed E-state index contributed by atoms with van der Waals surface area (Å²) in [5, 5.41) is 3.02. The van der Waals surface area contributed by atoms with Crippen LogP contribution in [0.4, 0.5) is 4.39 Å². The molecule has 0 radical (unpaired) electrons. The normalized spacial score (nSPS) is 12.9. The minimum absolute atomic E-state index is 0.0707. The van der Waals surface area contributed by atoms with E-state index in [1.54, 1.807) is 6.07 Å². The van der Waals surface area contributed by atoms with Gasteiger partial charge >= 0.3 is 0 Å². The molecular formula is C22H28FNO3. The molecule has 0 heterocycles. The molecule has 146 valence electrons. The van der Waals surface area contributed by atoms with Crippen LogP contribution in [-0.2, 0) is 11.2 Å². The van der Waals surface area contributed by atoms with Gasteiger partial charge in [0.2, 0.25) is 5.91 Å². The lowest BCUT2D eigenvalue weighted by atomic mass is 9.99. The zero-order valence-electron chi connectivity index (χ0n) is 16.4. The Labute approximate surface area is 160 Å². The van der Waals surface area contributed by atoms with Crippen molar-refractivity contribution in [1.29, 1.82) is 0 Å². The van der Waals surface area contributed by atoms with E-state index in [0.29, 0.717) is 31.1 Å². The molecule has 5 heteroatoms. The average molecular weight is 373 g/mol. The maximum absolute atomic E-state index is 13.3. The van der Waals surface area contributed by atoms with E-state index in [4.69, 9.17) is 9.47 Å². The highest BCUT2D eigenvalue weighted by Gasteiger charge is 2.18. The predicted molar refractivity (Wildman–Crippen MR) is 105 cm³/mol. The third kappa shape index (κ3) is 5.98. The molecule has 0 aliphatic heterocycles. The van der Waals surface area contributed by atoms with Gasteiger partial charge in [-0.1, -0.05) is 25.1 Å². The van der Waals surface area contributed by atoms with Gasteiger partial charge in [0.15, 0.2) is 11.5 Å². The Kier molecular flexibility index (Phi) is 7.65. The summed E-state index contributed by atoms with van der Waals surface area (Å²) in [6, 6.07) is 11.9. The number of hydrogen-bond donors (Lipinski definition) is 1. The van der Waals surface area contributed by atoms with Gasteiger partial charge in [-0.25, -0.2) is 4.39 Å². The molecule has 1 N–H and O–H groups in total. The number of rotatable bonds is 9. The van der Waals surface area contributed by atoms with Crippen molar-refractivity contribution in [3.8, 4) is 11.5 Å². The Morgan fingerprint density at radius 1 is 1.04 bits per heavy atom. The van der Waals surface area contributed by atoms with Crippen molar-refractivity contribution in [1.82, 2.24) is 5.32 Å². The first-order chi connectivity index (χ1) is 12.9. The van der Waals surface area contributed by atoms with Gasteiger partial charge in [-0.2, -0.15) is 0 Å². The molecule has 1 amide bonds. The molecule has 0 aliphatic carbocycles. The van der Waals surface area contributed by atoms with Crippen molar-refractivity contribution >= 4 is 5.91 Å². The summed E-state index contributed by atoms with van der Waals surface area (Å²) in [4.78, 5) is 12.5. The van der Waals surface area contributed by atoms with Crippen molar-refractivity contribution < 1.29 is 18.7 Å². The van der Waals surface area contributed by atoms with Crippen molar-refractivity contribution in [2.24, 2.45) is 5.92 Å². The van der Waals surface area contributed by atoms with Gasteiger partial charge in [0.25, 0.3) is 0 Å². The van der Waals surface area contributed by atoms with E-state index in [1.807, 2.05) is 52.0 Å². The minimum Gasteiger partial charge on any atom is -0.490 e. The van der Waals surface area contributed by atoms with Crippen molar-refractivity contribution in [3.63, 3.8) is 0 Å². The minimum atomic E-state index is -0.286. The van der Waals surface area contributed by atoms with Crippen molar-refractivity contribution in [3.05, 3.63) is 59.4 Å². The standard InChI is InChI=1S/C22H28FNO3/c1-5-26-20-11-10-18(14-21(20)27-6-2)16(4)24-22(25)15(3)12-17-8-7-9-19(23)13-17/h7-11,13-16H,5-6,12H2,1-4H3,(H,24,25). The van der Waals surface area contributed by atoms with Gasteiger partial charge in [-0.3, -0.25) is 4.79 Å². The number of carbonyl (C=O) groups is 1. The average Bonchev–Trinajstić information content (AvgIpc) is 2.63. The van der Waals surface area contributed by atoms with Crippen LogP contribution in [0.15, 0.2) is 42.5 Å². The molecule has 2 unspecified atom stereocenters. The van der Waals surface area contributed by atoms with Crippen LogP contribution in [0.25, 0.3) is 0 Å². The largest absolute Gasteiger partial charge is 0.490 e. The molecule has 0 aromatic heterocycles. The predicted octanol–water partition coefficient (Wildman–Crippen LogP) is 4.68. The third-order valence-corrected chi connectivity index (χ3v) is 4.30. The lowest BCUT2D eigenvalue weighted by Gasteiger charge is -2.20. The Balaban J connectivity index is 2.03. The van der Waals surface area contributed by atoms with E-state index in [-0.39, 0.29) is 23.7 Å². The zero-order valence-corrected chi connectivity index (χ0v) is 16.4. The molecule has 0 saturated heterocycles. The molecule has 0 spiro atoms. The van der Waals surface area contributed by atoms with Gasteiger partial charge in [0, 0.05) is 5.92 Å². The second-order valence-corrected chi connectivity index (χ2v) is 6.54. The first kappa shape index (κ1) is 20.7. The van der Waals surface area contributed by atoms with E-state index in [1.165, 1.54) is 12.1 Å². The summed E-state index contributed by atoms with van der Waals surface area (Å²) in [7, 11) is 0. The molecule has 0 aliphatic rings. The highest BCUT2D eigenvalue weighted by atomic mass is 19.1. The van der Waals surface area contributed by atoms with Crippen molar-refractivity contribution in [2.45, 2.75) is 40.2 Å². The number of halogens is 1. The Hall–Kier alpha value is -2.56. The van der Waals surface area contributed by atoms with Crippen LogP contribution in [0.1, 0.15) is 44.9 Å². The Morgan fingerprint density at radius 3 is 2.41 bits per heavy atom. The molecule has 0 bridgehead atoms. The summed E-state index contributed by atoms with van der Waals surface area (Å²) >= 11 is 0. The second-order valence-electron chi connectivity index (χ2n) is 6.54. The fourth-order valence-corrected chi connectivity index (χ4v) is 2.89. The van der Waals surface area contributed by atoms with E-state index in [9.17, 15) is 9.18 Å². The number of benzene rings is 2. The fourth-order valence-electron chi connectivity index (χ4n) is 2.89. The van der Waals surface area contributed by atoms with Gasteiger partial charge in [-0.05, 0) is 62.6 Å². The summed E-state index contributed by atoms with van der Waals surface area (Å²) in [6.07, 6.45) is 0.490. The highest BCUT2D eigenvalue weighted by Crippen LogP contribution is 2.30. The van der Waals surface area contributed by atoms with Crippen LogP contribution in [0, 0.1) is 11.7 Å². The van der Waals surface area contributed by atoms with Crippen LogP contribution in [0.2, 0.25) is 0 Å². The number of hydrogen-bond acceptors (Lipinski definition) is 3. The zero-order chi connectivity index (χ0) is 19.8. The monoisotopic (exact) mass is 373 g/mol. The van der Waals surface area contributed by atoms with Crippen LogP contribution in [0.5, 0.6) is 11.5 Å². The van der Waals surface area contributed by atoms with Crippen LogP contribution in [0.3, 0.4) is 0 Å². The van der Waals surface area contributed by atoms with Crippen LogP contribution < -0.4 is 14.8 Å². The van der Waals surface area contributed by atoms with Gasteiger partial charge < -0.3 is 14.8 Å². The maximum atomic E-state index is 13.3. The third-order valence-electron chi connectivity index (χ3n) is 4.30. The van der Waals surface area contributed by atoms with E-state index in [2.05, 4.69) is 5.32 Å². The summed E-state index contributed by atoms with van der Waals surface area (Å²) in [5.41, 5.74) is 1.75. The molecule has 2 rings (SSSR count). The van der Waals surface area contributed by atoms with E-state index >= 15 is 0 Å². The number of carbonyl (C=O) groups excluding carboxylic acids is 1. The Morgan fingerprint density at radius 2 is 1.74 bits per heavy atom. The molecule has 4 nitrogen and oxygen atoms in total. The van der Waals surface area contributed by atoms with E-state index in [0.717, 1.165) is 11.1 Å². The van der Waals surface area contributed by atoms with Gasteiger partial charge in [0.1, 0.15) is 5.82 Å². The van der Waals surface area contributed by atoms with Crippen LogP contribution in [-0.4, -0.2) is 19.1 Å². The maximum Gasteiger partial charge on any atom is 0.223 e. The summed E-state index contributed by atoms with van der Waals surface area (Å²) in [6.45, 7) is 8.71. The van der Waals surface area contributed by atoms with Gasteiger partial charge in [0.05, 0.1) is 19.3 Å². The lowest BCUT2D eigenvalue weighted by molar-refractivity contribution is -0.125. The topological polar surface area (TPSA) is 47.6 Å². The fraction of sp³-hybridized carbons (Fsp3) is 0.409. The summed E-state index contributed by atoms with van der Waals surface area (Å²) in [5.74, 6) is 0.750. The van der Waals surface area contributed by atoms with Gasteiger partial charge in [-0.15, -0.1) is 0 Å². The molecular weight excluding hydrogens is 345 g/mol. The van der Waals surface area contributed by atoms with E-state index < -0.39 is 0 Å².